The third-order valence-corrected chi connectivity index (χ3v) is 6.76. The zero-order valence-electron chi connectivity index (χ0n) is 22.4. The minimum absolute atomic E-state index is 0.285. The number of aryl methyl sites for hydroxylation is 1. The number of amides is 1. The SMILES string of the molecule is COc1ccc(N=c2ncc3cc(-c4cc(NC(=O)c5cc(C(F)(F)F)ccn5)ccc4C)c4n(c-3n2)CCN4)cn1. The highest BCUT2D eigenvalue weighted by Crippen LogP contribution is 2.39. The van der Waals surface area contributed by atoms with Crippen LogP contribution in [-0.4, -0.2) is 44.1 Å². The number of ether oxygens (including phenoxy) is 1. The summed E-state index contributed by atoms with van der Waals surface area (Å²) in [5.74, 6) is 1.27. The first kappa shape index (κ1) is 26.9. The normalized spacial score (nSPS) is 13.1. The lowest BCUT2D eigenvalue weighted by molar-refractivity contribution is -0.137. The van der Waals surface area contributed by atoms with E-state index in [-0.39, 0.29) is 11.3 Å². The standard InChI is InChI=1S/C29H23F3N8O2/c1-16-3-4-19(37-27(41)23-12-18(7-8-33-23)29(30,31)32)13-21(16)22-11-17-14-36-28(38-20-5-6-24(42-2)35-15-20)39-25(17)40-10-9-34-26(22)40/h3-8,11-15,34H,9-10H2,1-2H3,(H,37,41). The lowest BCUT2D eigenvalue weighted by Gasteiger charge is -2.19. The van der Waals surface area contributed by atoms with E-state index in [0.29, 0.717) is 36.2 Å². The van der Waals surface area contributed by atoms with E-state index in [0.717, 1.165) is 46.4 Å². The second kappa shape index (κ2) is 10.6. The fraction of sp³-hybridized carbons (Fsp3) is 0.172. The van der Waals surface area contributed by atoms with Gasteiger partial charge in [0.2, 0.25) is 5.88 Å². The minimum Gasteiger partial charge on any atom is -0.481 e. The molecule has 2 N–H and O–H groups in total. The van der Waals surface area contributed by atoms with E-state index in [9.17, 15) is 18.0 Å². The Hall–Kier alpha value is -5.33. The van der Waals surface area contributed by atoms with Crippen molar-refractivity contribution in [3.8, 4) is 28.4 Å². The molecule has 1 aromatic carbocycles. The summed E-state index contributed by atoms with van der Waals surface area (Å²) >= 11 is 0. The fourth-order valence-electron chi connectivity index (χ4n) is 4.71. The maximum atomic E-state index is 13.1. The Balaban J connectivity index is 1.36. The van der Waals surface area contributed by atoms with Gasteiger partial charge in [-0.1, -0.05) is 6.07 Å². The Morgan fingerprint density at radius 3 is 2.67 bits per heavy atom. The Bertz CT molecular complexity index is 1850. The number of aromatic nitrogens is 5. The maximum Gasteiger partial charge on any atom is 0.416 e. The molecule has 0 radical (unpaired) electrons. The monoisotopic (exact) mass is 572 g/mol. The van der Waals surface area contributed by atoms with Crippen molar-refractivity contribution in [1.82, 2.24) is 24.5 Å². The van der Waals surface area contributed by atoms with E-state index < -0.39 is 17.6 Å². The highest BCUT2D eigenvalue weighted by molar-refractivity contribution is 6.03. The molecule has 3 aliphatic rings. The van der Waals surface area contributed by atoms with Crippen molar-refractivity contribution in [2.45, 2.75) is 19.6 Å². The van der Waals surface area contributed by atoms with Gasteiger partial charge in [-0.15, -0.1) is 0 Å². The Labute approximate surface area is 237 Å². The van der Waals surface area contributed by atoms with Crippen LogP contribution in [0, 0.1) is 6.92 Å². The number of nitrogens with one attached hydrogen (secondary N) is 2. The zero-order chi connectivity index (χ0) is 29.4. The number of carbonyl (C=O) groups is 1. The number of anilines is 2. The van der Waals surface area contributed by atoms with Crippen LogP contribution < -0.4 is 21.0 Å². The molecule has 0 spiro atoms. The van der Waals surface area contributed by atoms with Crippen LogP contribution in [0.2, 0.25) is 0 Å². The van der Waals surface area contributed by atoms with Gasteiger partial charge >= 0.3 is 6.18 Å². The van der Waals surface area contributed by atoms with Gasteiger partial charge < -0.3 is 19.9 Å². The Morgan fingerprint density at radius 1 is 1.05 bits per heavy atom. The molecule has 2 aromatic heterocycles. The molecule has 13 heteroatoms. The summed E-state index contributed by atoms with van der Waals surface area (Å²) in [5.41, 5.74) is 3.40. The number of nitrogens with zero attached hydrogens (tertiary/aromatic N) is 6. The van der Waals surface area contributed by atoms with E-state index in [1.54, 1.807) is 36.7 Å². The summed E-state index contributed by atoms with van der Waals surface area (Å²) in [6.07, 6.45) is -0.338. The summed E-state index contributed by atoms with van der Waals surface area (Å²) < 4.78 is 46.5. The van der Waals surface area contributed by atoms with Crippen LogP contribution in [0.5, 0.6) is 5.88 Å². The number of hydrogen-bond donors (Lipinski definition) is 2. The maximum absolute atomic E-state index is 13.1. The summed E-state index contributed by atoms with van der Waals surface area (Å²) in [5, 5.41) is 6.09. The molecule has 0 fully saturated rings. The van der Waals surface area contributed by atoms with Gasteiger partial charge in [-0.25, -0.2) is 15.0 Å². The lowest BCUT2D eigenvalue weighted by atomic mass is 9.98. The molecular weight excluding hydrogens is 549 g/mol. The van der Waals surface area contributed by atoms with E-state index in [2.05, 4.69) is 35.1 Å². The second-order valence-electron chi connectivity index (χ2n) is 9.52. The van der Waals surface area contributed by atoms with Gasteiger partial charge in [-0.05, 0) is 54.4 Å². The molecule has 3 aliphatic heterocycles. The number of benzene rings is 1. The number of hydrogen-bond acceptors (Lipinski definition) is 8. The van der Waals surface area contributed by atoms with Gasteiger partial charge in [0.1, 0.15) is 17.3 Å². The number of halogens is 3. The molecule has 0 saturated heterocycles. The molecule has 10 nitrogen and oxygen atoms in total. The van der Waals surface area contributed by atoms with Crippen molar-refractivity contribution < 1.29 is 22.7 Å². The minimum atomic E-state index is -4.58. The van der Waals surface area contributed by atoms with Gasteiger partial charge in [0.25, 0.3) is 11.5 Å². The first-order valence-corrected chi connectivity index (χ1v) is 12.8. The van der Waals surface area contributed by atoms with Crippen LogP contribution in [0.3, 0.4) is 0 Å². The first-order chi connectivity index (χ1) is 20.2. The van der Waals surface area contributed by atoms with Gasteiger partial charge in [0.05, 0.1) is 24.6 Å². The van der Waals surface area contributed by atoms with Crippen LogP contribution in [0.25, 0.3) is 22.5 Å². The smallest absolute Gasteiger partial charge is 0.416 e. The topological polar surface area (TPSA) is 119 Å². The zero-order valence-corrected chi connectivity index (χ0v) is 22.4. The van der Waals surface area contributed by atoms with Gasteiger partial charge in [-0.2, -0.15) is 18.2 Å². The molecule has 3 aromatic rings. The van der Waals surface area contributed by atoms with Crippen molar-refractivity contribution in [3.05, 3.63) is 89.6 Å². The van der Waals surface area contributed by atoms with E-state index in [4.69, 9.17) is 9.72 Å². The molecule has 0 unspecified atom stereocenters. The second-order valence-corrected chi connectivity index (χ2v) is 9.52. The van der Waals surface area contributed by atoms with Gasteiger partial charge in [-0.3, -0.25) is 9.78 Å². The van der Waals surface area contributed by atoms with Crippen molar-refractivity contribution in [2.24, 2.45) is 4.99 Å². The highest BCUT2D eigenvalue weighted by atomic mass is 19.4. The summed E-state index contributed by atoms with van der Waals surface area (Å²) in [6, 6.07) is 12.3. The largest absolute Gasteiger partial charge is 0.481 e. The van der Waals surface area contributed by atoms with Crippen LogP contribution in [0.15, 0.2) is 72.1 Å². The first-order valence-electron chi connectivity index (χ1n) is 12.8. The number of pyridine rings is 3. The number of alkyl halides is 3. The molecule has 0 aliphatic carbocycles. The van der Waals surface area contributed by atoms with E-state index in [1.165, 1.54) is 7.11 Å². The van der Waals surface area contributed by atoms with Crippen molar-refractivity contribution in [1.29, 1.82) is 0 Å². The van der Waals surface area contributed by atoms with Crippen LogP contribution in [0.4, 0.5) is 30.4 Å². The molecular formula is C29H23F3N8O2. The van der Waals surface area contributed by atoms with Crippen LogP contribution in [0.1, 0.15) is 21.6 Å². The molecule has 1 amide bonds. The summed E-state index contributed by atoms with van der Waals surface area (Å²) in [4.78, 5) is 34.4. The van der Waals surface area contributed by atoms with Crippen LogP contribution >= 0.6 is 0 Å². The number of rotatable bonds is 5. The predicted octanol–water partition coefficient (Wildman–Crippen LogP) is 5.09. The lowest BCUT2D eigenvalue weighted by Crippen LogP contribution is -2.17. The Kier molecular flexibility index (Phi) is 6.77. The molecule has 5 heterocycles. The predicted molar refractivity (Wildman–Crippen MR) is 149 cm³/mol. The highest BCUT2D eigenvalue weighted by Gasteiger charge is 2.31. The van der Waals surface area contributed by atoms with E-state index in [1.807, 2.05) is 19.1 Å². The van der Waals surface area contributed by atoms with Crippen LogP contribution in [-0.2, 0) is 12.7 Å². The average Bonchev–Trinajstić information content (AvgIpc) is 3.49. The third kappa shape index (κ3) is 5.23. The number of methoxy groups -OCH3 is 1. The fourth-order valence-corrected chi connectivity index (χ4v) is 4.71. The summed E-state index contributed by atoms with van der Waals surface area (Å²) in [7, 11) is 1.54. The van der Waals surface area contributed by atoms with Gasteiger partial charge in [0.15, 0.2) is 0 Å². The molecule has 0 atom stereocenters. The van der Waals surface area contributed by atoms with Gasteiger partial charge in [0, 0.05) is 48.4 Å². The van der Waals surface area contributed by atoms with Crippen molar-refractivity contribution in [3.63, 3.8) is 0 Å². The van der Waals surface area contributed by atoms with Crippen molar-refractivity contribution >= 4 is 23.1 Å². The Morgan fingerprint density at radius 2 is 1.90 bits per heavy atom. The number of carbonyl (C=O) groups excluding carboxylic acids is 1. The third-order valence-electron chi connectivity index (χ3n) is 6.76. The number of fused-ring (bicyclic) bond motifs is 3. The molecule has 42 heavy (non-hydrogen) atoms. The van der Waals surface area contributed by atoms with Crippen molar-refractivity contribution in [2.75, 3.05) is 24.3 Å². The molecule has 212 valence electrons. The summed E-state index contributed by atoms with van der Waals surface area (Å²) in [6.45, 7) is 3.28. The average molecular weight is 573 g/mol. The quantitative estimate of drug-likeness (QED) is 0.301. The van der Waals surface area contributed by atoms with E-state index >= 15 is 0 Å². The molecule has 0 saturated carbocycles. The molecule has 6 rings (SSSR count). The molecule has 0 bridgehead atoms.